The van der Waals surface area contributed by atoms with Crippen molar-refractivity contribution in [1.82, 2.24) is 15.6 Å². The molecule has 2 atom stereocenters. The van der Waals surface area contributed by atoms with Crippen LogP contribution in [0.3, 0.4) is 0 Å². The molecule has 1 aromatic carbocycles. The van der Waals surface area contributed by atoms with E-state index in [4.69, 9.17) is 0 Å². The number of nitrogens with one attached hydrogen (secondary N) is 2. The smallest absolute Gasteiger partial charge is 0.323 e. The van der Waals surface area contributed by atoms with Gasteiger partial charge in [-0.15, -0.1) is 0 Å². The Bertz CT molecular complexity index is 827. The molecule has 2 N–H and O–H groups in total. The fraction of sp³-hybridized carbons (Fsp3) is 0.474. The van der Waals surface area contributed by atoms with Crippen LogP contribution >= 0.6 is 22.6 Å². The van der Waals surface area contributed by atoms with Crippen LogP contribution in [0.15, 0.2) is 30.5 Å². The summed E-state index contributed by atoms with van der Waals surface area (Å²) in [7, 11) is 1.61. The van der Waals surface area contributed by atoms with Gasteiger partial charge in [0.2, 0.25) is 5.91 Å². The predicted molar refractivity (Wildman–Crippen MR) is 112 cm³/mol. The number of pyridine rings is 1. The predicted octanol–water partition coefficient (Wildman–Crippen LogP) is 3.27. The molecule has 146 valence electrons. The highest BCUT2D eigenvalue weighted by atomic mass is 127. The molecule has 1 aliphatic rings. The summed E-state index contributed by atoms with van der Waals surface area (Å²) in [6.45, 7) is 3.98. The molecule has 0 aliphatic carbocycles. The average molecular weight is 488 g/mol. The van der Waals surface area contributed by atoms with Gasteiger partial charge in [0, 0.05) is 66.0 Å². The number of amides is 1. The quantitative estimate of drug-likeness (QED) is 0.502. The number of benzene rings is 1. The van der Waals surface area contributed by atoms with Gasteiger partial charge < -0.3 is 15.5 Å². The summed E-state index contributed by atoms with van der Waals surface area (Å²) in [5.41, 5.74) is 1.17. The van der Waals surface area contributed by atoms with E-state index in [-0.39, 0.29) is 24.1 Å². The minimum absolute atomic E-state index is 0.0527. The highest BCUT2D eigenvalue weighted by Gasteiger charge is 2.32. The van der Waals surface area contributed by atoms with Crippen LogP contribution in [0.5, 0.6) is 0 Å². The number of nitrogens with zero attached hydrogens (tertiary/aromatic N) is 2. The largest absolute Gasteiger partial charge is 0.369 e. The number of hydrogen-bond acceptors (Lipinski definition) is 4. The molecule has 0 radical (unpaired) electrons. The van der Waals surface area contributed by atoms with E-state index < -0.39 is 3.93 Å². The summed E-state index contributed by atoms with van der Waals surface area (Å²) in [5, 5.41) is 6.63. The maximum absolute atomic E-state index is 14.0. The monoisotopic (exact) mass is 488 g/mol. The van der Waals surface area contributed by atoms with E-state index in [0.29, 0.717) is 18.0 Å². The Labute approximate surface area is 171 Å². The first kappa shape index (κ1) is 20.2. The van der Waals surface area contributed by atoms with Gasteiger partial charge in [-0.1, -0.05) is 6.92 Å². The molecule has 0 bridgehead atoms. The van der Waals surface area contributed by atoms with Crippen molar-refractivity contribution < 1.29 is 13.6 Å². The van der Waals surface area contributed by atoms with Crippen molar-refractivity contribution >= 4 is 45.1 Å². The van der Waals surface area contributed by atoms with Crippen molar-refractivity contribution in [3.05, 3.63) is 36.0 Å². The molecule has 0 spiro atoms. The molecule has 1 amide bonds. The second-order valence-corrected chi connectivity index (χ2v) is 8.38. The number of halogens is 3. The first-order chi connectivity index (χ1) is 12.8. The zero-order valence-electron chi connectivity index (χ0n) is 15.3. The minimum atomic E-state index is -2.98. The standard InChI is InChI=1S/C19H23F2IN4O/c1-12-8-13(25-9-17(27)23-2)11-26(10-12)16-6-5-15(19(20,21)22)18-14(16)4-3-7-24-18/h3-7,12-13,25H,8-11H2,1-2H3,(H,23,27)/t12-,13+/m0/s1. The number of alkyl halides is 3. The van der Waals surface area contributed by atoms with Gasteiger partial charge in [0.05, 0.1) is 17.6 Å². The van der Waals surface area contributed by atoms with E-state index in [1.54, 1.807) is 25.4 Å². The summed E-state index contributed by atoms with van der Waals surface area (Å²) >= 11 is 1.15. The third kappa shape index (κ3) is 4.66. The lowest BCUT2D eigenvalue weighted by atomic mass is 9.94. The van der Waals surface area contributed by atoms with Gasteiger partial charge in [0.1, 0.15) is 0 Å². The van der Waals surface area contributed by atoms with Gasteiger partial charge in [-0.3, -0.25) is 9.78 Å². The number of hydrogen-bond donors (Lipinski definition) is 2. The molecule has 2 heterocycles. The van der Waals surface area contributed by atoms with Crippen molar-refractivity contribution in [2.45, 2.75) is 23.3 Å². The number of fused-ring (bicyclic) bond motifs is 1. The second-order valence-electron chi connectivity index (χ2n) is 7.03. The molecular formula is C19H23F2IN4O. The highest BCUT2D eigenvalue weighted by molar-refractivity contribution is 14.1. The lowest BCUT2D eigenvalue weighted by Gasteiger charge is -2.39. The number of rotatable bonds is 5. The fourth-order valence-corrected chi connectivity index (χ4v) is 4.12. The molecule has 1 aromatic heterocycles. The zero-order valence-corrected chi connectivity index (χ0v) is 17.5. The fourth-order valence-electron chi connectivity index (χ4n) is 3.68. The molecule has 0 unspecified atom stereocenters. The van der Waals surface area contributed by atoms with Crippen LogP contribution in [0, 0.1) is 5.92 Å². The number of likely N-dealkylation sites (N-methyl/N-ethyl adjacent to an activating group) is 1. The van der Waals surface area contributed by atoms with Gasteiger partial charge in [-0.05, 0) is 36.6 Å². The van der Waals surface area contributed by atoms with Crippen molar-refractivity contribution in [1.29, 1.82) is 0 Å². The molecule has 1 fully saturated rings. The Kier molecular flexibility index (Phi) is 6.15. The van der Waals surface area contributed by atoms with Crippen LogP contribution in [0.2, 0.25) is 0 Å². The van der Waals surface area contributed by atoms with Gasteiger partial charge in [0.15, 0.2) is 0 Å². The Morgan fingerprint density at radius 1 is 1.37 bits per heavy atom. The van der Waals surface area contributed by atoms with E-state index in [0.717, 1.165) is 46.6 Å². The lowest BCUT2D eigenvalue weighted by molar-refractivity contribution is -0.119. The molecule has 5 nitrogen and oxygen atoms in total. The Morgan fingerprint density at radius 2 is 2.15 bits per heavy atom. The summed E-state index contributed by atoms with van der Waals surface area (Å²) in [6.07, 6.45) is 2.51. The van der Waals surface area contributed by atoms with Crippen molar-refractivity contribution in [2.24, 2.45) is 5.92 Å². The third-order valence-corrected chi connectivity index (χ3v) is 5.46. The molecule has 8 heteroatoms. The maximum atomic E-state index is 14.0. The number of piperidine rings is 1. The average Bonchev–Trinajstić information content (AvgIpc) is 2.63. The van der Waals surface area contributed by atoms with Crippen molar-refractivity contribution in [2.75, 3.05) is 31.6 Å². The Morgan fingerprint density at radius 3 is 2.85 bits per heavy atom. The molecule has 2 aromatic rings. The van der Waals surface area contributed by atoms with Crippen LogP contribution in [-0.4, -0.2) is 43.6 Å². The van der Waals surface area contributed by atoms with Gasteiger partial charge in [-0.2, -0.15) is 8.78 Å². The summed E-state index contributed by atoms with van der Waals surface area (Å²) in [6, 6.07) is 7.01. The summed E-state index contributed by atoms with van der Waals surface area (Å²) in [4.78, 5) is 18.0. The van der Waals surface area contributed by atoms with Crippen LogP contribution in [0.1, 0.15) is 18.9 Å². The van der Waals surface area contributed by atoms with Crippen LogP contribution in [0.25, 0.3) is 10.9 Å². The SMILES string of the molecule is CNC(=O)CN[C@@H]1C[C@H](C)CN(c2ccc(C(F)(F)I)c3ncccc23)C1. The summed E-state index contributed by atoms with van der Waals surface area (Å²) < 4.78 is 25.0. The maximum Gasteiger partial charge on any atom is 0.323 e. The second kappa shape index (κ2) is 8.22. The first-order valence-electron chi connectivity index (χ1n) is 8.93. The van der Waals surface area contributed by atoms with E-state index in [2.05, 4.69) is 27.4 Å². The normalized spacial score (nSPS) is 20.7. The molecule has 27 heavy (non-hydrogen) atoms. The van der Waals surface area contributed by atoms with Gasteiger partial charge in [0.25, 0.3) is 0 Å². The molecule has 0 saturated carbocycles. The van der Waals surface area contributed by atoms with E-state index >= 15 is 0 Å². The van der Waals surface area contributed by atoms with Gasteiger partial charge in [-0.25, -0.2) is 0 Å². The number of aromatic nitrogens is 1. The van der Waals surface area contributed by atoms with Crippen LogP contribution < -0.4 is 15.5 Å². The Balaban J connectivity index is 1.91. The molecular weight excluding hydrogens is 465 g/mol. The van der Waals surface area contributed by atoms with E-state index in [9.17, 15) is 13.6 Å². The molecule has 3 rings (SSSR count). The number of anilines is 1. The molecule has 1 aliphatic heterocycles. The first-order valence-corrected chi connectivity index (χ1v) is 10.0. The highest BCUT2D eigenvalue weighted by Crippen LogP contribution is 2.41. The van der Waals surface area contributed by atoms with Gasteiger partial charge >= 0.3 is 3.93 Å². The molecule has 1 saturated heterocycles. The topological polar surface area (TPSA) is 57.3 Å². The van der Waals surface area contributed by atoms with Crippen molar-refractivity contribution in [3.63, 3.8) is 0 Å². The van der Waals surface area contributed by atoms with Crippen LogP contribution in [-0.2, 0) is 8.72 Å². The van der Waals surface area contributed by atoms with E-state index in [1.807, 2.05) is 6.07 Å². The number of carbonyl (C=O) groups excluding carboxylic acids is 1. The minimum Gasteiger partial charge on any atom is -0.369 e. The summed E-state index contributed by atoms with van der Waals surface area (Å²) in [5.74, 6) is 0.362. The van der Waals surface area contributed by atoms with E-state index in [1.165, 1.54) is 6.07 Å². The number of carbonyl (C=O) groups is 1. The lowest BCUT2D eigenvalue weighted by Crippen LogP contribution is -2.50. The zero-order chi connectivity index (χ0) is 19.6. The van der Waals surface area contributed by atoms with Crippen LogP contribution in [0.4, 0.5) is 14.5 Å². The van der Waals surface area contributed by atoms with Crippen molar-refractivity contribution in [3.8, 4) is 0 Å². The Hall–Kier alpha value is -1.55. The third-order valence-electron chi connectivity index (χ3n) is 4.88.